The van der Waals surface area contributed by atoms with Crippen LogP contribution in [-0.2, 0) is 6.18 Å². The van der Waals surface area contributed by atoms with Gasteiger partial charge in [-0.1, -0.05) is 6.07 Å². The summed E-state index contributed by atoms with van der Waals surface area (Å²) in [5, 5.41) is 15.9. The highest BCUT2D eigenvalue weighted by atomic mass is 32.1. The van der Waals surface area contributed by atoms with Crippen LogP contribution in [0.25, 0.3) is 0 Å². The Bertz CT molecular complexity index is 702. The largest absolute Gasteiger partial charge is 0.416 e. The van der Waals surface area contributed by atoms with E-state index in [1.807, 2.05) is 36.5 Å². The van der Waals surface area contributed by atoms with E-state index in [0.717, 1.165) is 17.0 Å². The van der Waals surface area contributed by atoms with Crippen LogP contribution in [0.5, 0.6) is 0 Å². The summed E-state index contributed by atoms with van der Waals surface area (Å²) in [6.45, 7) is 0.333. The molecule has 1 aromatic heterocycles. The molecule has 1 heterocycles. The molecule has 2 rings (SSSR count). The summed E-state index contributed by atoms with van der Waals surface area (Å²) in [5.41, 5.74) is -1.56. The van der Waals surface area contributed by atoms with Crippen LogP contribution >= 0.6 is 11.3 Å². The van der Waals surface area contributed by atoms with Crippen molar-refractivity contribution in [3.05, 3.63) is 56.3 Å². The van der Waals surface area contributed by atoms with Crippen molar-refractivity contribution in [2.24, 2.45) is 0 Å². The van der Waals surface area contributed by atoms with Crippen LogP contribution in [0.2, 0.25) is 0 Å². The van der Waals surface area contributed by atoms with Crippen molar-refractivity contribution >= 4 is 22.7 Å². The number of nitrogens with zero attached hydrogens (tertiary/aromatic N) is 2. The standard InChI is InChI=1S/C15H16F3N3O2S/c1-20(2)13(14-4-3-7-24-14)9-19-11-6-5-10(15(16,17)18)8-12(11)21(22)23/h3-8,13,19H,9H2,1-2H3/t13-/m0/s1. The van der Waals surface area contributed by atoms with Crippen molar-refractivity contribution in [1.29, 1.82) is 0 Å². The predicted molar refractivity (Wildman–Crippen MR) is 87.3 cm³/mol. The molecule has 2 aromatic rings. The molecular formula is C15H16F3N3O2S. The SMILES string of the molecule is CN(C)[C@@H](CNc1ccc(C(F)(F)F)cc1[N+](=O)[O-])c1cccs1. The van der Waals surface area contributed by atoms with Gasteiger partial charge in [0.15, 0.2) is 0 Å². The molecule has 0 aliphatic rings. The lowest BCUT2D eigenvalue weighted by molar-refractivity contribution is -0.384. The Kier molecular flexibility index (Phi) is 5.45. The first kappa shape index (κ1) is 18.2. The average Bonchev–Trinajstić information content (AvgIpc) is 3.00. The zero-order valence-electron chi connectivity index (χ0n) is 13.0. The second-order valence-electron chi connectivity index (χ2n) is 5.36. The van der Waals surface area contributed by atoms with E-state index in [1.54, 1.807) is 11.3 Å². The lowest BCUT2D eigenvalue weighted by atomic mass is 10.1. The van der Waals surface area contributed by atoms with Gasteiger partial charge in [0.05, 0.1) is 16.5 Å². The van der Waals surface area contributed by atoms with Crippen LogP contribution in [0.4, 0.5) is 24.5 Å². The van der Waals surface area contributed by atoms with E-state index >= 15 is 0 Å². The van der Waals surface area contributed by atoms with Gasteiger partial charge in [-0.05, 0) is 37.7 Å². The fourth-order valence-electron chi connectivity index (χ4n) is 2.23. The predicted octanol–water partition coefficient (Wildman–Crippen LogP) is 4.39. The van der Waals surface area contributed by atoms with Gasteiger partial charge >= 0.3 is 6.18 Å². The highest BCUT2D eigenvalue weighted by molar-refractivity contribution is 7.10. The van der Waals surface area contributed by atoms with Crippen LogP contribution in [0.3, 0.4) is 0 Å². The number of hydrogen-bond donors (Lipinski definition) is 1. The summed E-state index contributed by atoms with van der Waals surface area (Å²) in [4.78, 5) is 13.3. The molecule has 0 amide bonds. The number of thiophene rings is 1. The maximum absolute atomic E-state index is 12.7. The molecule has 0 bridgehead atoms. The van der Waals surface area contributed by atoms with E-state index in [2.05, 4.69) is 5.32 Å². The minimum atomic E-state index is -4.62. The summed E-state index contributed by atoms with van der Waals surface area (Å²) in [7, 11) is 3.74. The third kappa shape index (κ3) is 4.24. The Morgan fingerprint density at radius 1 is 1.33 bits per heavy atom. The van der Waals surface area contributed by atoms with Gasteiger partial charge in [0.1, 0.15) is 5.69 Å². The average molecular weight is 359 g/mol. The topological polar surface area (TPSA) is 58.4 Å². The first-order valence-corrected chi connectivity index (χ1v) is 7.87. The van der Waals surface area contributed by atoms with Crippen LogP contribution in [-0.4, -0.2) is 30.5 Å². The maximum atomic E-state index is 12.7. The maximum Gasteiger partial charge on any atom is 0.416 e. The Morgan fingerprint density at radius 2 is 2.04 bits per heavy atom. The quantitative estimate of drug-likeness (QED) is 0.614. The van der Waals surface area contributed by atoms with E-state index in [9.17, 15) is 23.3 Å². The fraction of sp³-hybridized carbons (Fsp3) is 0.333. The molecule has 0 aliphatic carbocycles. The molecule has 0 aliphatic heterocycles. The molecule has 5 nitrogen and oxygen atoms in total. The number of hydrogen-bond acceptors (Lipinski definition) is 5. The molecule has 0 saturated carbocycles. The summed E-state index contributed by atoms with van der Waals surface area (Å²) in [5.74, 6) is 0. The Balaban J connectivity index is 2.24. The zero-order chi connectivity index (χ0) is 17.9. The van der Waals surface area contributed by atoms with Crippen molar-refractivity contribution in [2.45, 2.75) is 12.2 Å². The lowest BCUT2D eigenvalue weighted by Crippen LogP contribution is -2.26. The second-order valence-corrected chi connectivity index (χ2v) is 6.34. The Hall–Kier alpha value is -2.13. The van der Waals surface area contributed by atoms with Gasteiger partial charge in [-0.2, -0.15) is 13.2 Å². The number of halogens is 3. The third-order valence-electron chi connectivity index (χ3n) is 3.50. The summed E-state index contributed by atoms with van der Waals surface area (Å²) < 4.78 is 38.2. The second kappa shape index (κ2) is 7.18. The molecule has 9 heteroatoms. The molecule has 1 N–H and O–H groups in total. The number of nitro benzene ring substituents is 1. The van der Waals surface area contributed by atoms with Crippen LogP contribution in [0, 0.1) is 10.1 Å². The highest BCUT2D eigenvalue weighted by Gasteiger charge is 2.33. The number of anilines is 1. The van der Waals surface area contributed by atoms with E-state index < -0.39 is 22.4 Å². The molecule has 1 aromatic carbocycles. The normalized spacial score (nSPS) is 13.1. The van der Waals surface area contributed by atoms with Gasteiger partial charge in [-0.3, -0.25) is 10.1 Å². The first-order chi connectivity index (χ1) is 11.2. The van der Waals surface area contributed by atoms with Gasteiger partial charge in [0.25, 0.3) is 5.69 Å². The number of nitrogens with one attached hydrogen (secondary N) is 1. The number of benzene rings is 1. The van der Waals surface area contributed by atoms with E-state index in [-0.39, 0.29) is 11.7 Å². The molecule has 0 fully saturated rings. The number of rotatable bonds is 6. The molecular weight excluding hydrogens is 343 g/mol. The van der Waals surface area contributed by atoms with E-state index in [4.69, 9.17) is 0 Å². The van der Waals surface area contributed by atoms with Gasteiger partial charge in [-0.25, -0.2) is 0 Å². The molecule has 0 saturated heterocycles. The van der Waals surface area contributed by atoms with Gasteiger partial charge in [0, 0.05) is 17.5 Å². The first-order valence-electron chi connectivity index (χ1n) is 6.99. The lowest BCUT2D eigenvalue weighted by Gasteiger charge is -2.24. The number of likely N-dealkylation sites (N-methyl/N-ethyl adjacent to an activating group) is 1. The summed E-state index contributed by atoms with van der Waals surface area (Å²) in [6.07, 6.45) is -4.62. The minimum Gasteiger partial charge on any atom is -0.378 e. The van der Waals surface area contributed by atoms with Crippen LogP contribution in [0.15, 0.2) is 35.7 Å². The van der Waals surface area contributed by atoms with Gasteiger partial charge in [-0.15, -0.1) is 11.3 Å². The summed E-state index contributed by atoms with van der Waals surface area (Å²) in [6, 6.07) is 6.28. The molecule has 0 unspecified atom stereocenters. The highest BCUT2D eigenvalue weighted by Crippen LogP contribution is 2.35. The van der Waals surface area contributed by atoms with Gasteiger partial charge in [0.2, 0.25) is 0 Å². The number of nitro groups is 1. The minimum absolute atomic E-state index is 0.0492. The van der Waals surface area contributed by atoms with Crippen LogP contribution in [0.1, 0.15) is 16.5 Å². The smallest absolute Gasteiger partial charge is 0.378 e. The molecule has 0 radical (unpaired) electrons. The van der Waals surface area contributed by atoms with Crippen molar-refractivity contribution in [1.82, 2.24) is 4.90 Å². The Labute approximate surface area is 140 Å². The Morgan fingerprint density at radius 3 is 2.54 bits per heavy atom. The van der Waals surface area contributed by atoms with E-state index in [1.165, 1.54) is 0 Å². The summed E-state index contributed by atoms with van der Waals surface area (Å²) >= 11 is 1.55. The van der Waals surface area contributed by atoms with Crippen molar-refractivity contribution in [2.75, 3.05) is 26.0 Å². The third-order valence-corrected chi connectivity index (χ3v) is 4.48. The fourth-order valence-corrected chi connectivity index (χ4v) is 3.16. The van der Waals surface area contributed by atoms with Gasteiger partial charge < -0.3 is 10.2 Å². The molecule has 130 valence electrons. The molecule has 0 spiro atoms. The van der Waals surface area contributed by atoms with Crippen molar-refractivity contribution in [3.63, 3.8) is 0 Å². The molecule has 1 atom stereocenters. The monoisotopic (exact) mass is 359 g/mol. The van der Waals surface area contributed by atoms with Crippen LogP contribution < -0.4 is 5.32 Å². The van der Waals surface area contributed by atoms with Crippen molar-refractivity contribution in [3.8, 4) is 0 Å². The molecule has 24 heavy (non-hydrogen) atoms. The zero-order valence-corrected chi connectivity index (χ0v) is 13.8. The van der Waals surface area contributed by atoms with Crippen molar-refractivity contribution < 1.29 is 18.1 Å². The number of alkyl halides is 3. The van der Waals surface area contributed by atoms with E-state index in [0.29, 0.717) is 12.6 Å².